The Morgan fingerprint density at radius 1 is 1.42 bits per heavy atom. The summed E-state index contributed by atoms with van der Waals surface area (Å²) in [5, 5.41) is 3.70. The number of amides is 1. The molecular formula is C14H16N2O3. The standard InChI is InChI=1S/C14H16N2O3/c1-3-19-9-13(17)16-12-8-11(18-2)7-10-5-4-6-15-14(10)12/h4-8H,3,9H2,1-2H3,(H,16,17). The van der Waals surface area contributed by atoms with Gasteiger partial charge in [-0.2, -0.15) is 0 Å². The van der Waals surface area contributed by atoms with Gasteiger partial charge in [0, 0.05) is 24.3 Å². The Hall–Kier alpha value is -2.14. The quantitative estimate of drug-likeness (QED) is 0.895. The molecule has 2 aromatic rings. The summed E-state index contributed by atoms with van der Waals surface area (Å²) in [6, 6.07) is 7.39. The minimum atomic E-state index is -0.206. The molecule has 0 saturated carbocycles. The van der Waals surface area contributed by atoms with E-state index in [-0.39, 0.29) is 12.5 Å². The lowest BCUT2D eigenvalue weighted by atomic mass is 10.2. The maximum absolute atomic E-state index is 11.7. The minimum absolute atomic E-state index is 0.0298. The largest absolute Gasteiger partial charge is 0.497 e. The zero-order valence-electron chi connectivity index (χ0n) is 11.0. The van der Waals surface area contributed by atoms with E-state index in [0.717, 1.165) is 10.9 Å². The van der Waals surface area contributed by atoms with Gasteiger partial charge in [0.1, 0.15) is 12.4 Å². The molecule has 0 saturated heterocycles. The Labute approximate surface area is 111 Å². The van der Waals surface area contributed by atoms with Crippen LogP contribution in [0.25, 0.3) is 10.9 Å². The van der Waals surface area contributed by atoms with Crippen molar-refractivity contribution in [3.8, 4) is 5.75 Å². The van der Waals surface area contributed by atoms with Crippen LogP contribution in [0.2, 0.25) is 0 Å². The highest BCUT2D eigenvalue weighted by Gasteiger charge is 2.09. The van der Waals surface area contributed by atoms with Crippen LogP contribution in [0.1, 0.15) is 6.92 Å². The van der Waals surface area contributed by atoms with Crippen LogP contribution in [0.4, 0.5) is 5.69 Å². The molecule has 0 fully saturated rings. The van der Waals surface area contributed by atoms with Gasteiger partial charge in [-0.05, 0) is 19.1 Å². The molecule has 0 aliphatic rings. The molecule has 0 aliphatic heterocycles. The molecule has 1 heterocycles. The summed E-state index contributed by atoms with van der Waals surface area (Å²) >= 11 is 0. The Morgan fingerprint density at radius 3 is 3.00 bits per heavy atom. The smallest absolute Gasteiger partial charge is 0.250 e. The molecule has 0 spiro atoms. The van der Waals surface area contributed by atoms with Crippen LogP contribution >= 0.6 is 0 Å². The van der Waals surface area contributed by atoms with Gasteiger partial charge in [0.25, 0.3) is 0 Å². The predicted octanol–water partition coefficient (Wildman–Crippen LogP) is 2.22. The highest BCUT2D eigenvalue weighted by molar-refractivity contribution is 6.01. The molecule has 0 atom stereocenters. The lowest BCUT2D eigenvalue weighted by molar-refractivity contribution is -0.120. The summed E-state index contributed by atoms with van der Waals surface area (Å²) in [5.41, 5.74) is 1.35. The van der Waals surface area contributed by atoms with Crippen LogP contribution in [0.15, 0.2) is 30.5 Å². The second kappa shape index (κ2) is 6.15. The number of fused-ring (bicyclic) bond motifs is 1. The average Bonchev–Trinajstić information content (AvgIpc) is 2.44. The van der Waals surface area contributed by atoms with E-state index in [0.29, 0.717) is 18.0 Å². The van der Waals surface area contributed by atoms with Gasteiger partial charge in [0.05, 0.1) is 18.3 Å². The predicted molar refractivity (Wildman–Crippen MR) is 73.4 cm³/mol. The first-order chi connectivity index (χ1) is 9.24. The van der Waals surface area contributed by atoms with E-state index in [4.69, 9.17) is 9.47 Å². The summed E-state index contributed by atoms with van der Waals surface area (Å²) < 4.78 is 10.3. The summed E-state index contributed by atoms with van der Waals surface area (Å²) in [4.78, 5) is 16.0. The Bertz CT molecular complexity index is 584. The molecule has 0 unspecified atom stereocenters. The van der Waals surface area contributed by atoms with Crippen LogP contribution in [-0.2, 0) is 9.53 Å². The lowest BCUT2D eigenvalue weighted by Gasteiger charge is -2.10. The van der Waals surface area contributed by atoms with E-state index in [1.807, 2.05) is 25.1 Å². The van der Waals surface area contributed by atoms with Gasteiger partial charge in [-0.25, -0.2) is 0 Å². The molecular weight excluding hydrogens is 244 g/mol. The molecule has 1 aromatic carbocycles. The molecule has 5 heteroatoms. The first-order valence-corrected chi connectivity index (χ1v) is 6.05. The Morgan fingerprint density at radius 2 is 2.26 bits per heavy atom. The molecule has 5 nitrogen and oxygen atoms in total. The number of hydrogen-bond donors (Lipinski definition) is 1. The van der Waals surface area contributed by atoms with E-state index in [1.54, 1.807) is 19.4 Å². The number of anilines is 1. The normalized spacial score (nSPS) is 10.4. The summed E-state index contributed by atoms with van der Waals surface area (Å²) in [7, 11) is 1.59. The molecule has 1 amide bonds. The van der Waals surface area contributed by atoms with Crippen molar-refractivity contribution in [1.82, 2.24) is 4.98 Å². The lowest BCUT2D eigenvalue weighted by Crippen LogP contribution is -2.18. The summed E-state index contributed by atoms with van der Waals surface area (Å²) in [6.45, 7) is 2.38. The Balaban J connectivity index is 2.32. The van der Waals surface area contributed by atoms with Crippen molar-refractivity contribution in [3.05, 3.63) is 30.5 Å². The van der Waals surface area contributed by atoms with Crippen LogP contribution in [0.3, 0.4) is 0 Å². The number of ether oxygens (including phenoxy) is 2. The first-order valence-electron chi connectivity index (χ1n) is 6.05. The van der Waals surface area contributed by atoms with E-state index in [1.165, 1.54) is 0 Å². The SMILES string of the molecule is CCOCC(=O)Nc1cc(OC)cc2cccnc12. The highest BCUT2D eigenvalue weighted by atomic mass is 16.5. The number of carbonyl (C=O) groups is 1. The van der Waals surface area contributed by atoms with Crippen molar-refractivity contribution in [2.75, 3.05) is 25.6 Å². The fourth-order valence-electron chi connectivity index (χ4n) is 1.76. The van der Waals surface area contributed by atoms with Crippen molar-refractivity contribution in [2.45, 2.75) is 6.92 Å². The van der Waals surface area contributed by atoms with Gasteiger partial charge in [0.2, 0.25) is 5.91 Å². The van der Waals surface area contributed by atoms with Crippen molar-refractivity contribution < 1.29 is 14.3 Å². The van der Waals surface area contributed by atoms with Crippen molar-refractivity contribution in [2.24, 2.45) is 0 Å². The number of rotatable bonds is 5. The number of methoxy groups -OCH3 is 1. The monoisotopic (exact) mass is 260 g/mol. The van der Waals surface area contributed by atoms with E-state index in [9.17, 15) is 4.79 Å². The third-order valence-corrected chi connectivity index (χ3v) is 2.63. The molecule has 0 radical (unpaired) electrons. The van der Waals surface area contributed by atoms with E-state index in [2.05, 4.69) is 10.3 Å². The second-order valence-electron chi connectivity index (χ2n) is 3.94. The fourth-order valence-corrected chi connectivity index (χ4v) is 1.76. The van der Waals surface area contributed by atoms with Crippen LogP contribution in [-0.4, -0.2) is 31.2 Å². The molecule has 0 aliphatic carbocycles. The van der Waals surface area contributed by atoms with Crippen LogP contribution < -0.4 is 10.1 Å². The maximum Gasteiger partial charge on any atom is 0.250 e. The fraction of sp³-hybridized carbons (Fsp3) is 0.286. The van der Waals surface area contributed by atoms with Crippen LogP contribution in [0, 0.1) is 0 Å². The number of pyridine rings is 1. The third-order valence-electron chi connectivity index (χ3n) is 2.63. The molecule has 2 rings (SSSR count). The number of benzene rings is 1. The number of hydrogen-bond acceptors (Lipinski definition) is 4. The average molecular weight is 260 g/mol. The maximum atomic E-state index is 11.7. The van der Waals surface area contributed by atoms with Gasteiger partial charge in [-0.3, -0.25) is 9.78 Å². The van der Waals surface area contributed by atoms with Crippen LogP contribution in [0.5, 0.6) is 5.75 Å². The third kappa shape index (κ3) is 3.20. The van der Waals surface area contributed by atoms with Crippen molar-refractivity contribution >= 4 is 22.5 Å². The number of nitrogens with one attached hydrogen (secondary N) is 1. The minimum Gasteiger partial charge on any atom is -0.497 e. The summed E-state index contributed by atoms with van der Waals surface area (Å²) in [6.07, 6.45) is 1.69. The van der Waals surface area contributed by atoms with Gasteiger partial charge < -0.3 is 14.8 Å². The topological polar surface area (TPSA) is 60.5 Å². The van der Waals surface area contributed by atoms with E-state index < -0.39 is 0 Å². The Kier molecular flexibility index (Phi) is 4.30. The van der Waals surface area contributed by atoms with Gasteiger partial charge in [-0.15, -0.1) is 0 Å². The molecule has 100 valence electrons. The number of nitrogens with zero attached hydrogens (tertiary/aromatic N) is 1. The molecule has 1 aromatic heterocycles. The number of carbonyl (C=O) groups excluding carboxylic acids is 1. The van der Waals surface area contributed by atoms with Gasteiger partial charge in [-0.1, -0.05) is 6.07 Å². The number of aromatic nitrogens is 1. The molecule has 0 bridgehead atoms. The zero-order valence-corrected chi connectivity index (χ0v) is 11.0. The van der Waals surface area contributed by atoms with Gasteiger partial charge >= 0.3 is 0 Å². The zero-order chi connectivity index (χ0) is 13.7. The highest BCUT2D eigenvalue weighted by Crippen LogP contribution is 2.27. The molecule has 1 N–H and O–H groups in total. The second-order valence-corrected chi connectivity index (χ2v) is 3.94. The summed E-state index contributed by atoms with van der Waals surface area (Å²) in [5.74, 6) is 0.467. The van der Waals surface area contributed by atoms with Crippen molar-refractivity contribution in [1.29, 1.82) is 0 Å². The molecule has 19 heavy (non-hydrogen) atoms. The van der Waals surface area contributed by atoms with E-state index >= 15 is 0 Å². The first kappa shape index (κ1) is 13.3. The van der Waals surface area contributed by atoms with Crippen molar-refractivity contribution in [3.63, 3.8) is 0 Å². The van der Waals surface area contributed by atoms with Gasteiger partial charge in [0.15, 0.2) is 0 Å².